The third-order valence-corrected chi connectivity index (χ3v) is 8.04. The number of fused-ring (bicyclic) bond motifs is 1. The van der Waals surface area contributed by atoms with Crippen molar-refractivity contribution >= 4 is 34.8 Å². The lowest BCUT2D eigenvalue weighted by atomic mass is 9.93. The van der Waals surface area contributed by atoms with E-state index in [0.29, 0.717) is 36.8 Å². The summed E-state index contributed by atoms with van der Waals surface area (Å²) in [4.78, 5) is 33.4. The molecule has 3 aromatic rings. The van der Waals surface area contributed by atoms with Crippen LogP contribution >= 0.6 is 22.9 Å². The minimum absolute atomic E-state index is 0.0387. The van der Waals surface area contributed by atoms with Crippen LogP contribution in [0.3, 0.4) is 0 Å². The van der Waals surface area contributed by atoms with Crippen molar-refractivity contribution in [3.8, 4) is 0 Å². The number of amides is 2. The van der Waals surface area contributed by atoms with Gasteiger partial charge in [0, 0.05) is 48.2 Å². The molecule has 2 aromatic carbocycles. The molecule has 2 aliphatic heterocycles. The van der Waals surface area contributed by atoms with E-state index in [1.54, 1.807) is 47.7 Å². The van der Waals surface area contributed by atoms with Crippen molar-refractivity contribution in [1.29, 1.82) is 0 Å². The topological polar surface area (TPSA) is 43.9 Å². The van der Waals surface area contributed by atoms with Gasteiger partial charge in [-0.05, 0) is 71.8 Å². The van der Waals surface area contributed by atoms with Crippen molar-refractivity contribution < 1.29 is 14.0 Å². The maximum Gasteiger partial charge on any atom is 0.253 e. The molecule has 2 amide bonds. The lowest BCUT2D eigenvalue weighted by Gasteiger charge is -2.37. The third-order valence-electron chi connectivity index (χ3n) is 6.80. The van der Waals surface area contributed by atoms with Crippen LogP contribution < -0.4 is 0 Å². The van der Waals surface area contributed by atoms with Crippen molar-refractivity contribution in [2.24, 2.45) is 0 Å². The summed E-state index contributed by atoms with van der Waals surface area (Å²) in [5.74, 6) is -0.261. The number of carbonyl (C=O) groups is 2. The molecule has 0 bridgehead atoms. The molecule has 0 N–H and O–H groups in total. The second-order valence-corrected chi connectivity index (χ2v) is 10.4. The van der Waals surface area contributed by atoms with Gasteiger partial charge in [0.15, 0.2) is 0 Å². The smallest absolute Gasteiger partial charge is 0.253 e. The maximum atomic E-state index is 14.1. The quantitative estimate of drug-likeness (QED) is 0.502. The van der Waals surface area contributed by atoms with Crippen molar-refractivity contribution in [2.75, 3.05) is 39.3 Å². The van der Waals surface area contributed by atoms with Crippen molar-refractivity contribution in [2.45, 2.75) is 18.9 Å². The lowest BCUT2D eigenvalue weighted by molar-refractivity contribution is -0.132. The predicted molar refractivity (Wildman–Crippen MR) is 136 cm³/mol. The summed E-state index contributed by atoms with van der Waals surface area (Å²) in [7, 11) is 0. The van der Waals surface area contributed by atoms with Gasteiger partial charge in [0.2, 0.25) is 5.91 Å². The average Bonchev–Trinajstić information content (AvgIpc) is 3.19. The summed E-state index contributed by atoms with van der Waals surface area (Å²) in [5.41, 5.74) is 2.63. The van der Waals surface area contributed by atoms with Crippen molar-refractivity contribution in [3.63, 3.8) is 0 Å². The van der Waals surface area contributed by atoms with Crippen LogP contribution in [0.4, 0.5) is 4.39 Å². The van der Waals surface area contributed by atoms with Crippen LogP contribution in [0.1, 0.15) is 38.8 Å². The Kier molecular flexibility index (Phi) is 7.18. The first kappa shape index (κ1) is 24.0. The standard InChI is InChI=1S/C27H27ClFN3O2S/c28-21-7-5-19(6-8-21)27(34)31-12-2-11-30(14-15-31)25(33)18-32-13-9-24-23(10-16-35-24)26(32)20-3-1-4-22(29)17-20/h1,3-8,10,16-17,26H,2,9,11-15,18H2. The summed E-state index contributed by atoms with van der Waals surface area (Å²) >= 11 is 7.67. The minimum atomic E-state index is -0.269. The zero-order chi connectivity index (χ0) is 24.4. The molecule has 2 aliphatic rings. The lowest BCUT2D eigenvalue weighted by Crippen LogP contribution is -2.45. The van der Waals surface area contributed by atoms with Gasteiger partial charge in [-0.3, -0.25) is 14.5 Å². The maximum absolute atomic E-state index is 14.1. The molecule has 0 aliphatic carbocycles. The number of halogens is 2. The highest BCUT2D eigenvalue weighted by Gasteiger charge is 2.32. The Labute approximate surface area is 213 Å². The fourth-order valence-corrected chi connectivity index (χ4v) is 6.05. The van der Waals surface area contributed by atoms with Gasteiger partial charge in [0.05, 0.1) is 12.6 Å². The predicted octanol–water partition coefficient (Wildman–Crippen LogP) is 4.86. The molecule has 0 saturated carbocycles. The number of thiophene rings is 1. The molecular weight excluding hydrogens is 485 g/mol. The van der Waals surface area contributed by atoms with Crippen LogP contribution in [0.5, 0.6) is 0 Å². The third kappa shape index (κ3) is 5.27. The summed E-state index contributed by atoms with van der Waals surface area (Å²) in [5, 5.41) is 2.67. The van der Waals surface area contributed by atoms with Gasteiger partial charge >= 0.3 is 0 Å². The summed E-state index contributed by atoms with van der Waals surface area (Å²) in [6.07, 6.45) is 1.61. The summed E-state index contributed by atoms with van der Waals surface area (Å²) < 4.78 is 14.1. The van der Waals surface area contributed by atoms with E-state index in [-0.39, 0.29) is 30.2 Å². The molecule has 8 heteroatoms. The summed E-state index contributed by atoms with van der Waals surface area (Å²) in [6, 6.07) is 15.5. The number of rotatable bonds is 4. The number of carbonyl (C=O) groups excluding carboxylic acids is 2. The van der Waals surface area contributed by atoms with Crippen LogP contribution in [0.25, 0.3) is 0 Å². The van der Waals surface area contributed by atoms with Crippen molar-refractivity contribution in [3.05, 3.63) is 92.4 Å². The van der Waals surface area contributed by atoms with Crippen LogP contribution in [0.15, 0.2) is 60.0 Å². The Morgan fingerprint density at radius 1 is 0.971 bits per heavy atom. The first-order valence-corrected chi connectivity index (χ1v) is 13.1. The number of benzene rings is 2. The summed E-state index contributed by atoms with van der Waals surface area (Å²) in [6.45, 7) is 3.23. The fraction of sp³-hybridized carbons (Fsp3) is 0.333. The van der Waals surface area contributed by atoms with E-state index in [2.05, 4.69) is 16.3 Å². The molecule has 5 nitrogen and oxygen atoms in total. The highest BCUT2D eigenvalue weighted by molar-refractivity contribution is 7.10. The Morgan fingerprint density at radius 3 is 2.54 bits per heavy atom. The van der Waals surface area contributed by atoms with Crippen LogP contribution in [0.2, 0.25) is 5.02 Å². The second-order valence-electron chi connectivity index (χ2n) is 9.01. The normalized spacial score (nSPS) is 18.7. The first-order chi connectivity index (χ1) is 17.0. The van der Waals surface area contributed by atoms with Gasteiger partial charge in [-0.25, -0.2) is 4.39 Å². The first-order valence-electron chi connectivity index (χ1n) is 11.9. The molecule has 35 heavy (non-hydrogen) atoms. The van der Waals surface area contributed by atoms with Crippen LogP contribution in [-0.4, -0.2) is 65.8 Å². The molecule has 0 radical (unpaired) electrons. The Morgan fingerprint density at radius 2 is 1.74 bits per heavy atom. The molecule has 1 saturated heterocycles. The molecular formula is C27H27ClFN3O2S. The van der Waals surface area contributed by atoms with Gasteiger partial charge in [0.25, 0.3) is 5.91 Å². The van der Waals surface area contributed by atoms with Crippen LogP contribution in [0, 0.1) is 5.82 Å². The molecule has 3 heterocycles. The van der Waals surface area contributed by atoms with Gasteiger partial charge in [-0.1, -0.05) is 23.7 Å². The molecule has 1 aromatic heterocycles. The number of hydrogen-bond donors (Lipinski definition) is 0. The molecule has 1 fully saturated rings. The monoisotopic (exact) mass is 511 g/mol. The highest BCUT2D eigenvalue weighted by atomic mass is 35.5. The highest BCUT2D eigenvalue weighted by Crippen LogP contribution is 2.37. The van der Waals surface area contributed by atoms with E-state index in [9.17, 15) is 14.0 Å². The molecule has 1 atom stereocenters. The van der Waals surface area contributed by atoms with Gasteiger partial charge < -0.3 is 9.80 Å². The molecule has 182 valence electrons. The van der Waals surface area contributed by atoms with Gasteiger partial charge in [-0.2, -0.15) is 0 Å². The molecule has 0 spiro atoms. The van der Waals surface area contributed by atoms with E-state index in [4.69, 9.17) is 11.6 Å². The van der Waals surface area contributed by atoms with E-state index < -0.39 is 0 Å². The van der Waals surface area contributed by atoms with E-state index in [0.717, 1.165) is 30.5 Å². The number of nitrogens with zero attached hydrogens (tertiary/aromatic N) is 3. The zero-order valence-electron chi connectivity index (χ0n) is 19.3. The fourth-order valence-electron chi connectivity index (χ4n) is 5.02. The minimum Gasteiger partial charge on any atom is -0.340 e. The zero-order valence-corrected chi connectivity index (χ0v) is 20.9. The molecule has 1 unspecified atom stereocenters. The van der Waals surface area contributed by atoms with Gasteiger partial charge in [-0.15, -0.1) is 11.3 Å². The van der Waals surface area contributed by atoms with E-state index >= 15 is 0 Å². The van der Waals surface area contributed by atoms with Crippen molar-refractivity contribution in [1.82, 2.24) is 14.7 Å². The largest absolute Gasteiger partial charge is 0.340 e. The van der Waals surface area contributed by atoms with Crippen LogP contribution in [-0.2, 0) is 11.2 Å². The van der Waals surface area contributed by atoms with E-state index in [1.165, 1.54) is 10.9 Å². The average molecular weight is 512 g/mol. The SMILES string of the molecule is O=C(CN1CCc2sccc2C1c1cccc(F)c1)N1CCCN(C(=O)c2ccc(Cl)cc2)CC1. The number of hydrogen-bond acceptors (Lipinski definition) is 4. The van der Waals surface area contributed by atoms with Gasteiger partial charge in [0.1, 0.15) is 5.82 Å². The Hall–Kier alpha value is -2.74. The second kappa shape index (κ2) is 10.5. The van der Waals surface area contributed by atoms with E-state index in [1.807, 2.05) is 15.9 Å². The Balaban J connectivity index is 1.27. The Bertz CT molecular complexity index is 1220. The molecule has 5 rings (SSSR count).